The standard InChI is InChI=1S/C14H13F2NO2/c15-10-5-11(16)7-13(6-10)19-8-14(18)9-2-1-3-12(17)4-9/h1-7,14,18H,8,17H2. The van der Waals surface area contributed by atoms with Crippen LogP contribution in [0.5, 0.6) is 5.75 Å². The summed E-state index contributed by atoms with van der Waals surface area (Å²) in [6.45, 7) is -0.119. The van der Waals surface area contributed by atoms with Crippen molar-refractivity contribution in [3.63, 3.8) is 0 Å². The molecular weight excluding hydrogens is 252 g/mol. The van der Waals surface area contributed by atoms with Gasteiger partial charge in [0.25, 0.3) is 0 Å². The Labute approximate surface area is 109 Å². The molecule has 0 heterocycles. The Bertz CT molecular complexity index is 555. The minimum absolute atomic E-state index is 0.0282. The molecule has 100 valence electrons. The maximum absolute atomic E-state index is 12.9. The molecule has 0 aliphatic heterocycles. The van der Waals surface area contributed by atoms with Gasteiger partial charge in [-0.3, -0.25) is 0 Å². The molecule has 0 saturated heterocycles. The number of benzene rings is 2. The van der Waals surface area contributed by atoms with E-state index in [9.17, 15) is 13.9 Å². The Hall–Kier alpha value is -2.14. The van der Waals surface area contributed by atoms with E-state index >= 15 is 0 Å². The Morgan fingerprint density at radius 2 is 1.79 bits per heavy atom. The SMILES string of the molecule is Nc1cccc(C(O)COc2cc(F)cc(F)c2)c1. The highest BCUT2D eigenvalue weighted by Gasteiger charge is 2.09. The molecule has 0 radical (unpaired) electrons. The van der Waals surface area contributed by atoms with Gasteiger partial charge in [0.2, 0.25) is 0 Å². The fraction of sp³-hybridized carbons (Fsp3) is 0.143. The molecule has 0 aliphatic carbocycles. The van der Waals surface area contributed by atoms with Gasteiger partial charge in [0.05, 0.1) is 0 Å². The molecule has 2 aromatic rings. The first-order valence-electron chi connectivity index (χ1n) is 5.67. The molecule has 3 nitrogen and oxygen atoms in total. The molecule has 1 atom stereocenters. The Morgan fingerprint density at radius 1 is 1.11 bits per heavy atom. The van der Waals surface area contributed by atoms with Gasteiger partial charge in [0, 0.05) is 23.9 Å². The van der Waals surface area contributed by atoms with Crippen LogP contribution in [0.1, 0.15) is 11.7 Å². The third kappa shape index (κ3) is 3.66. The van der Waals surface area contributed by atoms with Gasteiger partial charge in [-0.25, -0.2) is 8.78 Å². The Morgan fingerprint density at radius 3 is 2.42 bits per heavy atom. The molecular formula is C14H13F2NO2. The second-order valence-corrected chi connectivity index (χ2v) is 4.10. The molecule has 0 spiro atoms. The van der Waals surface area contributed by atoms with E-state index < -0.39 is 17.7 Å². The second-order valence-electron chi connectivity index (χ2n) is 4.10. The number of hydrogen-bond donors (Lipinski definition) is 2. The van der Waals surface area contributed by atoms with Crippen LogP contribution in [0.4, 0.5) is 14.5 Å². The highest BCUT2D eigenvalue weighted by Crippen LogP contribution is 2.19. The molecule has 0 aromatic heterocycles. The third-order valence-corrected chi connectivity index (χ3v) is 2.54. The van der Waals surface area contributed by atoms with Crippen LogP contribution >= 0.6 is 0 Å². The molecule has 0 bridgehead atoms. The van der Waals surface area contributed by atoms with Crippen LogP contribution in [0.15, 0.2) is 42.5 Å². The summed E-state index contributed by atoms with van der Waals surface area (Å²) in [5.74, 6) is -1.43. The Kier molecular flexibility index (Phi) is 3.97. The van der Waals surface area contributed by atoms with Crippen LogP contribution in [0, 0.1) is 11.6 Å². The quantitative estimate of drug-likeness (QED) is 0.836. The second kappa shape index (κ2) is 5.67. The van der Waals surface area contributed by atoms with Crippen molar-refractivity contribution >= 4 is 5.69 Å². The molecule has 5 heteroatoms. The first-order valence-corrected chi connectivity index (χ1v) is 5.67. The first-order chi connectivity index (χ1) is 9.04. The monoisotopic (exact) mass is 265 g/mol. The van der Waals surface area contributed by atoms with Gasteiger partial charge in [-0.1, -0.05) is 12.1 Å². The average Bonchev–Trinajstić information content (AvgIpc) is 2.35. The van der Waals surface area contributed by atoms with Gasteiger partial charge in [0.15, 0.2) is 0 Å². The van der Waals surface area contributed by atoms with Crippen molar-refractivity contribution in [2.75, 3.05) is 12.3 Å². The van der Waals surface area contributed by atoms with Crippen LogP contribution in [0.2, 0.25) is 0 Å². The van der Waals surface area contributed by atoms with Crippen molar-refractivity contribution in [1.82, 2.24) is 0 Å². The van der Waals surface area contributed by atoms with Crippen LogP contribution in [0.25, 0.3) is 0 Å². The van der Waals surface area contributed by atoms with Crippen molar-refractivity contribution in [2.45, 2.75) is 6.10 Å². The minimum atomic E-state index is -0.921. The number of rotatable bonds is 4. The zero-order chi connectivity index (χ0) is 13.8. The summed E-state index contributed by atoms with van der Waals surface area (Å²) in [6.07, 6.45) is -0.921. The number of nitrogens with two attached hydrogens (primary N) is 1. The van der Waals surface area contributed by atoms with Gasteiger partial charge >= 0.3 is 0 Å². The number of aliphatic hydroxyl groups excluding tert-OH is 1. The minimum Gasteiger partial charge on any atom is -0.490 e. The number of aliphatic hydroxyl groups is 1. The third-order valence-electron chi connectivity index (χ3n) is 2.54. The normalized spacial score (nSPS) is 12.2. The molecule has 2 aromatic carbocycles. The lowest BCUT2D eigenvalue weighted by atomic mass is 10.1. The van der Waals surface area contributed by atoms with E-state index in [1.54, 1.807) is 24.3 Å². The molecule has 3 N–H and O–H groups in total. The van der Waals surface area contributed by atoms with Gasteiger partial charge < -0.3 is 15.6 Å². The van der Waals surface area contributed by atoms with E-state index in [0.717, 1.165) is 18.2 Å². The molecule has 1 unspecified atom stereocenters. The van der Waals surface area contributed by atoms with Crippen molar-refractivity contribution in [2.24, 2.45) is 0 Å². The average molecular weight is 265 g/mol. The summed E-state index contributed by atoms with van der Waals surface area (Å²) in [6, 6.07) is 9.55. The van der Waals surface area contributed by atoms with E-state index in [2.05, 4.69) is 0 Å². The Balaban J connectivity index is 2.02. The zero-order valence-electron chi connectivity index (χ0n) is 10.0. The van der Waals surface area contributed by atoms with Crippen molar-refractivity contribution in [3.8, 4) is 5.75 Å². The molecule has 0 aliphatic rings. The van der Waals surface area contributed by atoms with Crippen molar-refractivity contribution in [3.05, 3.63) is 59.7 Å². The number of ether oxygens (including phenoxy) is 1. The maximum atomic E-state index is 12.9. The number of anilines is 1. The highest BCUT2D eigenvalue weighted by molar-refractivity contribution is 5.41. The van der Waals surface area contributed by atoms with Crippen LogP contribution in [-0.4, -0.2) is 11.7 Å². The predicted octanol–water partition coefficient (Wildman–Crippen LogP) is 2.66. The van der Waals surface area contributed by atoms with E-state index in [1.807, 2.05) is 0 Å². The summed E-state index contributed by atoms with van der Waals surface area (Å²) >= 11 is 0. The lowest BCUT2D eigenvalue weighted by molar-refractivity contribution is 0.108. The topological polar surface area (TPSA) is 55.5 Å². The summed E-state index contributed by atoms with van der Waals surface area (Å²) in [4.78, 5) is 0. The fourth-order valence-corrected chi connectivity index (χ4v) is 1.65. The highest BCUT2D eigenvalue weighted by atomic mass is 19.1. The van der Waals surface area contributed by atoms with E-state index in [1.165, 1.54) is 0 Å². The number of hydrogen-bond acceptors (Lipinski definition) is 3. The summed E-state index contributed by atoms with van der Waals surface area (Å²) in [7, 11) is 0. The summed E-state index contributed by atoms with van der Waals surface area (Å²) < 4.78 is 31.0. The van der Waals surface area contributed by atoms with Crippen molar-refractivity contribution < 1.29 is 18.6 Å². The van der Waals surface area contributed by atoms with Gasteiger partial charge in [0.1, 0.15) is 30.1 Å². The molecule has 0 fully saturated rings. The molecule has 0 amide bonds. The number of halogens is 2. The van der Waals surface area contributed by atoms with Crippen molar-refractivity contribution in [1.29, 1.82) is 0 Å². The first kappa shape index (κ1) is 13.3. The molecule has 19 heavy (non-hydrogen) atoms. The van der Waals surface area contributed by atoms with E-state index in [0.29, 0.717) is 11.3 Å². The molecule has 2 rings (SSSR count). The largest absolute Gasteiger partial charge is 0.490 e. The predicted molar refractivity (Wildman–Crippen MR) is 67.7 cm³/mol. The number of nitrogen functional groups attached to an aromatic ring is 1. The summed E-state index contributed by atoms with van der Waals surface area (Å²) in [5, 5.41) is 9.88. The fourth-order valence-electron chi connectivity index (χ4n) is 1.65. The van der Waals surface area contributed by atoms with Crippen LogP contribution in [0.3, 0.4) is 0 Å². The van der Waals surface area contributed by atoms with Gasteiger partial charge in [-0.2, -0.15) is 0 Å². The van der Waals surface area contributed by atoms with Crippen LogP contribution in [-0.2, 0) is 0 Å². The lowest BCUT2D eigenvalue weighted by Crippen LogP contribution is -2.10. The smallest absolute Gasteiger partial charge is 0.129 e. The maximum Gasteiger partial charge on any atom is 0.129 e. The van der Waals surface area contributed by atoms with Gasteiger partial charge in [-0.15, -0.1) is 0 Å². The van der Waals surface area contributed by atoms with E-state index in [-0.39, 0.29) is 12.4 Å². The van der Waals surface area contributed by atoms with Gasteiger partial charge in [-0.05, 0) is 17.7 Å². The zero-order valence-corrected chi connectivity index (χ0v) is 10.0. The van der Waals surface area contributed by atoms with Crippen LogP contribution < -0.4 is 10.5 Å². The molecule has 0 saturated carbocycles. The summed E-state index contributed by atoms with van der Waals surface area (Å²) in [5.41, 5.74) is 6.69. The lowest BCUT2D eigenvalue weighted by Gasteiger charge is -2.13. The van der Waals surface area contributed by atoms with E-state index in [4.69, 9.17) is 10.5 Å².